The lowest BCUT2D eigenvalue weighted by molar-refractivity contribution is 0.806. The van der Waals surface area contributed by atoms with Crippen LogP contribution in [0, 0.1) is 0 Å². The van der Waals surface area contributed by atoms with Crippen LogP contribution in [0.4, 0.5) is 5.69 Å². The SMILES string of the molecule is NN=C1CC(c2ccccc2Cl)c2c(ccc3ccccc23)N1N. The summed E-state index contributed by atoms with van der Waals surface area (Å²) in [7, 11) is 0. The standard InChI is InChI=1S/C19H17ClN4/c20-16-8-4-3-7-14(16)15-11-18(23-21)24(22)17-10-9-12-5-1-2-6-13(12)19(15)17/h1-10,15H,11,21-22H2. The van der Waals surface area contributed by atoms with E-state index in [2.05, 4.69) is 29.4 Å². The van der Waals surface area contributed by atoms with Gasteiger partial charge in [-0.1, -0.05) is 60.1 Å². The predicted molar refractivity (Wildman–Crippen MR) is 100 cm³/mol. The molecular formula is C19H17ClN4. The molecule has 0 amide bonds. The molecule has 120 valence electrons. The second-order valence-electron chi connectivity index (χ2n) is 5.91. The molecule has 0 saturated heterocycles. The second kappa shape index (κ2) is 5.82. The number of hydrazine groups is 1. The zero-order valence-electron chi connectivity index (χ0n) is 13.0. The van der Waals surface area contributed by atoms with Crippen LogP contribution >= 0.6 is 11.6 Å². The summed E-state index contributed by atoms with van der Waals surface area (Å²) in [5, 5.41) is 8.55. The number of anilines is 1. The van der Waals surface area contributed by atoms with Gasteiger partial charge in [0.1, 0.15) is 5.84 Å². The van der Waals surface area contributed by atoms with Crippen molar-refractivity contribution in [3.05, 3.63) is 76.8 Å². The van der Waals surface area contributed by atoms with E-state index >= 15 is 0 Å². The van der Waals surface area contributed by atoms with Crippen molar-refractivity contribution in [1.82, 2.24) is 0 Å². The zero-order valence-corrected chi connectivity index (χ0v) is 13.7. The third kappa shape index (κ3) is 2.23. The first-order chi connectivity index (χ1) is 11.7. The number of hydrogen-bond acceptors (Lipinski definition) is 3. The van der Waals surface area contributed by atoms with Gasteiger partial charge in [-0.05, 0) is 34.0 Å². The van der Waals surface area contributed by atoms with Gasteiger partial charge in [-0.25, -0.2) is 5.84 Å². The molecule has 3 aromatic rings. The van der Waals surface area contributed by atoms with Crippen molar-refractivity contribution < 1.29 is 0 Å². The van der Waals surface area contributed by atoms with Crippen LogP contribution in [-0.4, -0.2) is 5.84 Å². The molecule has 1 aliphatic rings. The Hall–Kier alpha value is -2.56. The number of amidine groups is 1. The van der Waals surface area contributed by atoms with E-state index in [1.807, 2.05) is 36.4 Å². The van der Waals surface area contributed by atoms with E-state index in [9.17, 15) is 0 Å². The molecule has 0 aliphatic carbocycles. The van der Waals surface area contributed by atoms with E-state index in [1.54, 1.807) is 5.01 Å². The van der Waals surface area contributed by atoms with E-state index in [4.69, 9.17) is 23.3 Å². The molecular weight excluding hydrogens is 320 g/mol. The van der Waals surface area contributed by atoms with Gasteiger partial charge < -0.3 is 5.84 Å². The summed E-state index contributed by atoms with van der Waals surface area (Å²) in [6.07, 6.45) is 0.609. The van der Waals surface area contributed by atoms with Crippen molar-refractivity contribution >= 4 is 33.9 Å². The quantitative estimate of drug-likeness (QED) is 0.521. The minimum absolute atomic E-state index is 0.0573. The van der Waals surface area contributed by atoms with Crippen molar-refractivity contribution in [3.63, 3.8) is 0 Å². The molecule has 24 heavy (non-hydrogen) atoms. The second-order valence-corrected chi connectivity index (χ2v) is 6.32. The first-order valence-electron chi connectivity index (χ1n) is 7.78. The van der Waals surface area contributed by atoms with E-state index < -0.39 is 0 Å². The summed E-state index contributed by atoms with van der Waals surface area (Å²) in [6.45, 7) is 0. The molecule has 0 saturated carbocycles. The van der Waals surface area contributed by atoms with Crippen LogP contribution in [0.3, 0.4) is 0 Å². The molecule has 0 fully saturated rings. The molecule has 4 rings (SSSR count). The summed E-state index contributed by atoms with van der Waals surface area (Å²) in [6, 6.07) is 20.3. The lowest BCUT2D eigenvalue weighted by Gasteiger charge is -2.34. The minimum Gasteiger partial charge on any atom is -0.322 e. The van der Waals surface area contributed by atoms with Gasteiger partial charge in [0.25, 0.3) is 0 Å². The monoisotopic (exact) mass is 336 g/mol. The highest BCUT2D eigenvalue weighted by Gasteiger charge is 2.32. The number of halogens is 1. The zero-order chi connectivity index (χ0) is 16.7. The Morgan fingerprint density at radius 1 is 1.00 bits per heavy atom. The number of hydrogen-bond donors (Lipinski definition) is 2. The molecule has 3 aromatic carbocycles. The smallest absolute Gasteiger partial charge is 0.144 e. The molecule has 4 nitrogen and oxygen atoms in total. The molecule has 1 aliphatic heterocycles. The maximum Gasteiger partial charge on any atom is 0.144 e. The largest absolute Gasteiger partial charge is 0.322 e. The Balaban J connectivity index is 2.04. The summed E-state index contributed by atoms with van der Waals surface area (Å²) in [5.41, 5.74) is 3.14. The van der Waals surface area contributed by atoms with Gasteiger partial charge in [-0.2, -0.15) is 5.10 Å². The average molecular weight is 337 g/mol. The fourth-order valence-electron chi connectivity index (χ4n) is 3.52. The Morgan fingerprint density at radius 3 is 2.54 bits per heavy atom. The number of benzene rings is 3. The lowest BCUT2D eigenvalue weighted by atomic mass is 9.81. The Labute approximate surface area is 145 Å². The predicted octanol–water partition coefficient (Wildman–Crippen LogP) is 3.98. The van der Waals surface area contributed by atoms with Crippen molar-refractivity contribution in [2.24, 2.45) is 16.8 Å². The third-order valence-corrected chi connectivity index (χ3v) is 4.99. The van der Waals surface area contributed by atoms with Crippen molar-refractivity contribution in [2.75, 3.05) is 5.01 Å². The van der Waals surface area contributed by atoms with Crippen molar-refractivity contribution in [3.8, 4) is 0 Å². The number of hydrazone groups is 1. The minimum atomic E-state index is 0.0573. The van der Waals surface area contributed by atoms with Crippen LogP contribution in [0.15, 0.2) is 65.8 Å². The molecule has 1 atom stereocenters. The van der Waals surface area contributed by atoms with Gasteiger partial charge in [0.2, 0.25) is 0 Å². The van der Waals surface area contributed by atoms with Crippen LogP contribution in [0.1, 0.15) is 23.5 Å². The van der Waals surface area contributed by atoms with Crippen molar-refractivity contribution in [2.45, 2.75) is 12.3 Å². The first kappa shape index (κ1) is 15.0. The molecule has 1 heterocycles. The van der Waals surface area contributed by atoms with Gasteiger partial charge in [-0.15, -0.1) is 0 Å². The summed E-state index contributed by atoms with van der Waals surface area (Å²) >= 11 is 6.49. The summed E-state index contributed by atoms with van der Waals surface area (Å²) in [5.74, 6) is 12.5. The highest BCUT2D eigenvalue weighted by atomic mass is 35.5. The van der Waals surface area contributed by atoms with E-state index in [-0.39, 0.29) is 5.92 Å². The third-order valence-electron chi connectivity index (χ3n) is 4.65. The Bertz CT molecular complexity index is 951. The summed E-state index contributed by atoms with van der Waals surface area (Å²) < 4.78 is 0. The number of fused-ring (bicyclic) bond motifs is 3. The lowest BCUT2D eigenvalue weighted by Crippen LogP contribution is -2.43. The van der Waals surface area contributed by atoms with Gasteiger partial charge in [0, 0.05) is 17.4 Å². The molecule has 0 spiro atoms. The fourth-order valence-corrected chi connectivity index (χ4v) is 3.79. The Kier molecular flexibility index (Phi) is 3.63. The van der Waals surface area contributed by atoms with E-state index in [0.717, 1.165) is 21.8 Å². The number of nitrogens with zero attached hydrogens (tertiary/aromatic N) is 2. The molecule has 0 bridgehead atoms. The van der Waals surface area contributed by atoms with E-state index in [1.165, 1.54) is 10.8 Å². The maximum atomic E-state index is 6.49. The van der Waals surface area contributed by atoms with Crippen LogP contribution in [0.2, 0.25) is 5.02 Å². The van der Waals surface area contributed by atoms with E-state index in [0.29, 0.717) is 12.3 Å². The van der Waals surface area contributed by atoms with Crippen molar-refractivity contribution in [1.29, 1.82) is 0 Å². The van der Waals surface area contributed by atoms with Crippen LogP contribution < -0.4 is 16.7 Å². The average Bonchev–Trinajstić information content (AvgIpc) is 2.62. The van der Waals surface area contributed by atoms with Crippen LogP contribution in [0.5, 0.6) is 0 Å². The topological polar surface area (TPSA) is 67.6 Å². The molecule has 4 N–H and O–H groups in total. The Morgan fingerprint density at radius 2 is 1.75 bits per heavy atom. The van der Waals surface area contributed by atoms with Gasteiger partial charge in [0.05, 0.1) is 5.69 Å². The van der Waals surface area contributed by atoms with Crippen LogP contribution in [0.25, 0.3) is 10.8 Å². The molecule has 1 unspecified atom stereocenters. The first-order valence-corrected chi connectivity index (χ1v) is 8.16. The molecule has 5 heteroatoms. The maximum absolute atomic E-state index is 6.49. The van der Waals surface area contributed by atoms with Gasteiger partial charge >= 0.3 is 0 Å². The summed E-state index contributed by atoms with van der Waals surface area (Å²) in [4.78, 5) is 0. The number of nitrogens with two attached hydrogens (primary N) is 2. The van der Waals surface area contributed by atoms with Gasteiger partial charge in [-0.3, -0.25) is 5.01 Å². The molecule has 0 aromatic heterocycles. The highest BCUT2D eigenvalue weighted by molar-refractivity contribution is 6.31. The highest BCUT2D eigenvalue weighted by Crippen LogP contribution is 2.44. The normalized spacial score (nSPS) is 18.8. The van der Waals surface area contributed by atoms with Crippen LogP contribution in [-0.2, 0) is 0 Å². The molecule has 0 radical (unpaired) electrons. The number of rotatable bonds is 1. The fraction of sp³-hybridized carbons (Fsp3) is 0.105. The van der Waals surface area contributed by atoms with Gasteiger partial charge in [0.15, 0.2) is 0 Å².